The summed E-state index contributed by atoms with van der Waals surface area (Å²) >= 11 is 6.06. The van der Waals surface area contributed by atoms with Crippen molar-refractivity contribution in [3.05, 3.63) is 64.3 Å². The number of carbonyl (C=O) groups excluding carboxylic acids is 1. The van der Waals surface area contributed by atoms with Crippen LogP contribution in [0.2, 0.25) is 5.02 Å². The van der Waals surface area contributed by atoms with E-state index in [9.17, 15) is 4.79 Å². The molecular formula is C21H21ClN4O2. The smallest absolute Gasteiger partial charge is 0.227 e. The summed E-state index contributed by atoms with van der Waals surface area (Å²) in [5, 5.41) is 4.61. The summed E-state index contributed by atoms with van der Waals surface area (Å²) in [4.78, 5) is 24.0. The molecule has 1 aliphatic heterocycles. The number of amides is 1. The van der Waals surface area contributed by atoms with Gasteiger partial charge in [-0.3, -0.25) is 4.79 Å². The molecule has 3 heterocycles. The highest BCUT2D eigenvalue weighted by Crippen LogP contribution is 2.37. The normalized spacial score (nSPS) is 16.5. The van der Waals surface area contributed by atoms with Crippen molar-refractivity contribution in [3.8, 4) is 11.3 Å². The molecule has 6 nitrogen and oxygen atoms in total. The summed E-state index contributed by atoms with van der Waals surface area (Å²) in [6.07, 6.45) is 3.87. The van der Waals surface area contributed by atoms with Gasteiger partial charge in [0.25, 0.3) is 0 Å². The predicted molar refractivity (Wildman–Crippen MR) is 106 cm³/mol. The summed E-state index contributed by atoms with van der Waals surface area (Å²) in [5.74, 6) is 1.37. The van der Waals surface area contributed by atoms with E-state index in [0.717, 1.165) is 35.4 Å². The Morgan fingerprint density at radius 3 is 2.93 bits per heavy atom. The van der Waals surface area contributed by atoms with E-state index >= 15 is 0 Å². The highest BCUT2D eigenvalue weighted by atomic mass is 35.5. The molecule has 0 spiro atoms. The van der Waals surface area contributed by atoms with Crippen molar-refractivity contribution < 1.29 is 9.32 Å². The van der Waals surface area contributed by atoms with Gasteiger partial charge in [0.1, 0.15) is 5.82 Å². The van der Waals surface area contributed by atoms with Crippen LogP contribution in [0.4, 0.5) is 0 Å². The average Bonchev–Trinajstić information content (AvgIpc) is 3.31. The fraction of sp³-hybridized carbons (Fsp3) is 0.333. The molecule has 4 rings (SSSR count). The van der Waals surface area contributed by atoms with Crippen molar-refractivity contribution in [2.45, 2.75) is 39.2 Å². The number of aryl methyl sites for hydroxylation is 2. The van der Waals surface area contributed by atoms with Crippen LogP contribution >= 0.6 is 11.6 Å². The minimum atomic E-state index is -0.103. The number of carbonyl (C=O) groups is 1. The van der Waals surface area contributed by atoms with Gasteiger partial charge >= 0.3 is 0 Å². The molecule has 1 atom stereocenters. The second-order valence-corrected chi connectivity index (χ2v) is 7.54. The van der Waals surface area contributed by atoms with Crippen molar-refractivity contribution in [1.29, 1.82) is 0 Å². The van der Waals surface area contributed by atoms with Gasteiger partial charge in [-0.15, -0.1) is 0 Å². The summed E-state index contributed by atoms with van der Waals surface area (Å²) < 4.78 is 5.45. The Kier molecular flexibility index (Phi) is 5.13. The second kappa shape index (κ2) is 7.72. The second-order valence-electron chi connectivity index (χ2n) is 7.10. The fourth-order valence-corrected chi connectivity index (χ4v) is 3.91. The minimum absolute atomic E-state index is 0.0701. The molecule has 1 fully saturated rings. The van der Waals surface area contributed by atoms with Crippen LogP contribution in [0.3, 0.4) is 0 Å². The van der Waals surface area contributed by atoms with Gasteiger partial charge in [0.2, 0.25) is 5.91 Å². The molecule has 0 saturated carbocycles. The van der Waals surface area contributed by atoms with Crippen molar-refractivity contribution in [2.75, 3.05) is 6.54 Å². The van der Waals surface area contributed by atoms with Crippen LogP contribution in [0.15, 0.2) is 41.1 Å². The molecule has 28 heavy (non-hydrogen) atoms. The Morgan fingerprint density at radius 2 is 2.18 bits per heavy atom. The number of likely N-dealkylation sites (tertiary alicyclic amines) is 1. The number of hydrogen-bond acceptors (Lipinski definition) is 5. The summed E-state index contributed by atoms with van der Waals surface area (Å²) in [7, 11) is 0. The predicted octanol–water partition coefficient (Wildman–Crippen LogP) is 4.31. The third kappa shape index (κ3) is 3.78. The van der Waals surface area contributed by atoms with Gasteiger partial charge in [-0.1, -0.05) is 28.9 Å². The molecule has 0 bridgehead atoms. The molecule has 3 aromatic rings. The molecule has 2 aromatic heterocycles. The van der Waals surface area contributed by atoms with Crippen LogP contribution in [-0.4, -0.2) is 32.5 Å². The largest absolute Gasteiger partial charge is 0.356 e. The molecule has 1 saturated heterocycles. The maximum Gasteiger partial charge on any atom is 0.227 e. The van der Waals surface area contributed by atoms with Crippen molar-refractivity contribution >= 4 is 17.5 Å². The average molecular weight is 397 g/mol. The molecule has 1 amide bonds. The molecule has 0 aliphatic carbocycles. The first-order valence-corrected chi connectivity index (χ1v) is 9.70. The Hall–Kier alpha value is -2.73. The Morgan fingerprint density at radius 1 is 1.32 bits per heavy atom. The van der Waals surface area contributed by atoms with E-state index in [1.165, 1.54) is 0 Å². The lowest BCUT2D eigenvalue weighted by molar-refractivity contribution is -0.131. The lowest BCUT2D eigenvalue weighted by atomic mass is 10.0. The molecule has 7 heteroatoms. The van der Waals surface area contributed by atoms with Gasteiger partial charge in [-0.2, -0.15) is 0 Å². The van der Waals surface area contributed by atoms with E-state index in [0.29, 0.717) is 29.6 Å². The first-order valence-electron chi connectivity index (χ1n) is 9.32. The molecule has 1 aromatic carbocycles. The van der Waals surface area contributed by atoms with Crippen LogP contribution in [0.1, 0.15) is 41.7 Å². The third-order valence-corrected chi connectivity index (χ3v) is 5.20. The number of nitrogens with zero attached hydrogens (tertiary/aromatic N) is 4. The standard InChI is InChI=1S/C21H21ClN4O2/c1-13-9-19(28-25-13)17-12-23-14(2)24-21(17)18-7-4-8-26(18)20(27)11-15-5-3-6-16(22)10-15/h3,5-6,9-10,12,18H,4,7-8,11H2,1-2H3/t18-/m1/s1. The van der Waals surface area contributed by atoms with Crippen LogP contribution in [0.25, 0.3) is 11.3 Å². The summed E-state index contributed by atoms with van der Waals surface area (Å²) in [5.41, 5.74) is 3.31. The van der Waals surface area contributed by atoms with Gasteiger partial charge in [0.05, 0.1) is 29.4 Å². The number of hydrogen-bond donors (Lipinski definition) is 0. The van der Waals surface area contributed by atoms with Gasteiger partial charge < -0.3 is 9.42 Å². The van der Waals surface area contributed by atoms with E-state index in [2.05, 4.69) is 15.1 Å². The van der Waals surface area contributed by atoms with Crippen molar-refractivity contribution in [3.63, 3.8) is 0 Å². The third-order valence-electron chi connectivity index (χ3n) is 4.97. The molecular weight excluding hydrogens is 376 g/mol. The van der Waals surface area contributed by atoms with E-state index in [4.69, 9.17) is 16.1 Å². The first kappa shape index (κ1) is 18.6. The van der Waals surface area contributed by atoms with Gasteiger partial charge in [0.15, 0.2) is 5.76 Å². The summed E-state index contributed by atoms with van der Waals surface area (Å²) in [6, 6.07) is 9.20. The molecule has 1 aliphatic rings. The zero-order valence-corrected chi connectivity index (χ0v) is 16.6. The fourth-order valence-electron chi connectivity index (χ4n) is 3.69. The number of benzene rings is 1. The SMILES string of the molecule is Cc1cc(-c2cnc(C)nc2[C@H]2CCCN2C(=O)Cc2cccc(Cl)c2)on1. The molecule has 0 unspecified atom stereocenters. The number of aromatic nitrogens is 3. The van der Waals surface area contributed by atoms with E-state index in [-0.39, 0.29) is 11.9 Å². The zero-order valence-electron chi connectivity index (χ0n) is 15.9. The van der Waals surface area contributed by atoms with Crippen LogP contribution < -0.4 is 0 Å². The number of halogens is 1. The van der Waals surface area contributed by atoms with Crippen LogP contribution in [0.5, 0.6) is 0 Å². The highest BCUT2D eigenvalue weighted by molar-refractivity contribution is 6.30. The first-order chi connectivity index (χ1) is 13.5. The molecule has 0 radical (unpaired) electrons. The maximum atomic E-state index is 13.1. The lowest BCUT2D eigenvalue weighted by Crippen LogP contribution is -2.32. The molecule has 0 N–H and O–H groups in total. The summed E-state index contributed by atoms with van der Waals surface area (Å²) in [6.45, 7) is 4.44. The van der Waals surface area contributed by atoms with Gasteiger partial charge in [0, 0.05) is 23.8 Å². The van der Waals surface area contributed by atoms with E-state index in [1.54, 1.807) is 6.20 Å². The van der Waals surface area contributed by atoms with Crippen molar-refractivity contribution in [2.24, 2.45) is 0 Å². The lowest BCUT2D eigenvalue weighted by Gasteiger charge is -2.26. The minimum Gasteiger partial charge on any atom is -0.356 e. The quantitative estimate of drug-likeness (QED) is 0.657. The van der Waals surface area contributed by atoms with Crippen molar-refractivity contribution in [1.82, 2.24) is 20.0 Å². The zero-order chi connectivity index (χ0) is 19.7. The maximum absolute atomic E-state index is 13.1. The molecule has 144 valence electrons. The highest BCUT2D eigenvalue weighted by Gasteiger charge is 2.33. The Labute approximate surface area is 168 Å². The van der Waals surface area contributed by atoms with Gasteiger partial charge in [-0.25, -0.2) is 9.97 Å². The topological polar surface area (TPSA) is 72.1 Å². The Balaban J connectivity index is 1.65. The number of rotatable bonds is 4. The van der Waals surface area contributed by atoms with E-state index in [1.807, 2.05) is 49.1 Å². The monoisotopic (exact) mass is 396 g/mol. The Bertz CT molecular complexity index is 1020. The van der Waals surface area contributed by atoms with E-state index < -0.39 is 0 Å². The van der Waals surface area contributed by atoms with Crippen LogP contribution in [0, 0.1) is 13.8 Å². The van der Waals surface area contributed by atoms with Gasteiger partial charge in [-0.05, 0) is 44.4 Å². The van der Waals surface area contributed by atoms with Crippen LogP contribution in [-0.2, 0) is 11.2 Å².